The van der Waals surface area contributed by atoms with E-state index < -0.39 is 36.6 Å². The van der Waals surface area contributed by atoms with Crippen molar-refractivity contribution >= 4 is 33.0 Å². The molecule has 11 heteroatoms. The number of benzene rings is 2. The average molecular weight is 395 g/mol. The summed E-state index contributed by atoms with van der Waals surface area (Å²) in [7, 11) is -4.41. The van der Waals surface area contributed by atoms with E-state index in [0.717, 1.165) is 12.1 Å². The smallest absolute Gasteiger partial charge is 0.279 e. The normalized spacial score (nSPS) is 12.0. The molecular weight excluding hydrogens is 385 g/mol. The molecule has 0 aromatic heterocycles. The van der Waals surface area contributed by atoms with Gasteiger partial charge in [-0.2, -0.15) is 13.2 Å². The van der Waals surface area contributed by atoms with Gasteiger partial charge in [0, 0.05) is 6.07 Å². The van der Waals surface area contributed by atoms with Crippen molar-refractivity contribution in [2.45, 2.75) is 18.0 Å². The van der Waals surface area contributed by atoms with Crippen LogP contribution in [0.1, 0.15) is 11.1 Å². The van der Waals surface area contributed by atoms with Crippen LogP contribution in [0.5, 0.6) is 0 Å². The molecule has 0 fully saturated rings. The lowest BCUT2D eigenvalue weighted by atomic mass is 10.2. The van der Waals surface area contributed by atoms with Gasteiger partial charge in [-0.1, -0.05) is 17.7 Å². The van der Waals surface area contributed by atoms with Crippen LogP contribution in [0.15, 0.2) is 41.3 Å². The minimum absolute atomic E-state index is 0.0288. The molecule has 2 aromatic carbocycles. The molecule has 0 saturated carbocycles. The number of hydrogen-bond acceptors (Lipinski definition) is 4. The lowest BCUT2D eigenvalue weighted by molar-refractivity contribution is -0.385. The van der Waals surface area contributed by atoms with Crippen LogP contribution in [-0.2, 0) is 16.2 Å². The van der Waals surface area contributed by atoms with Gasteiger partial charge in [-0.3, -0.25) is 14.8 Å². The summed E-state index contributed by atoms with van der Waals surface area (Å²) in [4.78, 5) is 9.52. The number of halogens is 4. The SMILES string of the molecule is Cc1c(NS(=O)(=O)c2ccc(Cl)c(C(F)(F)F)c2)cccc1[N+](=O)[O-]. The van der Waals surface area contributed by atoms with Gasteiger partial charge in [0.15, 0.2) is 0 Å². The first-order valence-electron chi connectivity index (χ1n) is 6.57. The van der Waals surface area contributed by atoms with Crippen LogP contribution in [0.25, 0.3) is 0 Å². The molecule has 0 heterocycles. The summed E-state index contributed by atoms with van der Waals surface area (Å²) in [5, 5.41) is 10.2. The highest BCUT2D eigenvalue weighted by atomic mass is 35.5. The summed E-state index contributed by atoms with van der Waals surface area (Å²) in [6, 6.07) is 5.83. The third kappa shape index (κ3) is 4.02. The molecule has 0 amide bonds. The Hall–Kier alpha value is -2.33. The van der Waals surface area contributed by atoms with Gasteiger partial charge >= 0.3 is 6.18 Å². The third-order valence-corrected chi connectivity index (χ3v) is 4.99. The van der Waals surface area contributed by atoms with E-state index in [4.69, 9.17) is 11.6 Å². The Morgan fingerprint density at radius 1 is 1.20 bits per heavy atom. The van der Waals surface area contributed by atoms with Crippen molar-refractivity contribution < 1.29 is 26.5 Å². The molecule has 0 aliphatic rings. The van der Waals surface area contributed by atoms with E-state index in [9.17, 15) is 31.7 Å². The summed E-state index contributed by atoms with van der Waals surface area (Å²) in [6.45, 7) is 1.32. The fourth-order valence-corrected chi connectivity index (χ4v) is 3.40. The van der Waals surface area contributed by atoms with Crippen LogP contribution in [-0.4, -0.2) is 13.3 Å². The van der Waals surface area contributed by atoms with Gasteiger partial charge in [0.25, 0.3) is 15.7 Å². The van der Waals surface area contributed by atoms with Crippen LogP contribution in [0.4, 0.5) is 24.5 Å². The number of nitrogens with zero attached hydrogens (tertiary/aromatic N) is 1. The fraction of sp³-hybridized carbons (Fsp3) is 0.143. The topological polar surface area (TPSA) is 89.3 Å². The number of nitro groups is 1. The third-order valence-electron chi connectivity index (χ3n) is 3.30. The molecule has 0 aliphatic heterocycles. The summed E-state index contributed by atoms with van der Waals surface area (Å²) < 4.78 is 65.3. The maximum absolute atomic E-state index is 12.9. The number of hydrogen-bond donors (Lipinski definition) is 1. The molecule has 0 unspecified atom stereocenters. The van der Waals surface area contributed by atoms with Crippen molar-refractivity contribution in [2.75, 3.05) is 4.72 Å². The number of nitro benzene ring substituents is 1. The highest BCUT2D eigenvalue weighted by Gasteiger charge is 2.34. The highest BCUT2D eigenvalue weighted by molar-refractivity contribution is 7.92. The molecule has 0 bridgehead atoms. The predicted molar refractivity (Wildman–Crippen MR) is 85.1 cm³/mol. The molecule has 1 N–H and O–H groups in total. The minimum Gasteiger partial charge on any atom is -0.279 e. The quantitative estimate of drug-likeness (QED) is 0.615. The molecule has 0 atom stereocenters. The molecule has 0 spiro atoms. The zero-order chi connectivity index (χ0) is 19.0. The molecule has 134 valence electrons. The Morgan fingerprint density at radius 2 is 1.84 bits per heavy atom. The van der Waals surface area contributed by atoms with Crippen molar-refractivity contribution in [3.8, 4) is 0 Å². The zero-order valence-electron chi connectivity index (χ0n) is 12.5. The summed E-state index contributed by atoms with van der Waals surface area (Å²) >= 11 is 5.46. The number of alkyl halides is 3. The number of anilines is 1. The lowest BCUT2D eigenvalue weighted by Gasteiger charge is -2.13. The van der Waals surface area contributed by atoms with Gasteiger partial charge in [-0.15, -0.1) is 0 Å². The monoisotopic (exact) mass is 394 g/mol. The molecule has 0 aliphatic carbocycles. The van der Waals surface area contributed by atoms with Gasteiger partial charge < -0.3 is 0 Å². The van der Waals surface area contributed by atoms with E-state index in [1.807, 2.05) is 0 Å². The highest BCUT2D eigenvalue weighted by Crippen LogP contribution is 2.36. The molecular formula is C14H10ClF3N2O4S. The second-order valence-corrected chi connectivity index (χ2v) is 7.04. The van der Waals surface area contributed by atoms with Gasteiger partial charge in [0.2, 0.25) is 0 Å². The van der Waals surface area contributed by atoms with Crippen molar-refractivity contribution in [2.24, 2.45) is 0 Å². The first-order valence-corrected chi connectivity index (χ1v) is 8.43. The molecule has 2 rings (SSSR count). The van der Waals surface area contributed by atoms with Crippen molar-refractivity contribution in [1.82, 2.24) is 0 Å². The minimum atomic E-state index is -4.83. The Morgan fingerprint density at radius 3 is 2.40 bits per heavy atom. The first-order chi connectivity index (χ1) is 11.4. The van der Waals surface area contributed by atoms with Gasteiger partial charge in [0.1, 0.15) is 0 Å². The van der Waals surface area contributed by atoms with Crippen molar-refractivity contribution in [3.63, 3.8) is 0 Å². The first kappa shape index (κ1) is 19.0. The number of rotatable bonds is 4. The van der Waals surface area contributed by atoms with E-state index >= 15 is 0 Å². The van der Waals surface area contributed by atoms with E-state index in [1.165, 1.54) is 25.1 Å². The molecule has 0 radical (unpaired) electrons. The molecule has 2 aromatic rings. The molecule has 25 heavy (non-hydrogen) atoms. The van der Waals surface area contributed by atoms with Crippen LogP contribution >= 0.6 is 11.6 Å². The molecule has 0 saturated heterocycles. The Kier molecular flexibility index (Phi) is 4.96. The van der Waals surface area contributed by atoms with Gasteiger partial charge in [-0.05, 0) is 31.2 Å². The second kappa shape index (κ2) is 6.52. The summed E-state index contributed by atoms with van der Waals surface area (Å²) in [5.41, 5.74) is -1.71. The van der Waals surface area contributed by atoms with Crippen molar-refractivity contribution in [1.29, 1.82) is 0 Å². The second-order valence-electron chi connectivity index (χ2n) is 4.95. The summed E-state index contributed by atoms with van der Waals surface area (Å²) in [5.74, 6) is 0. The largest absolute Gasteiger partial charge is 0.417 e. The average Bonchev–Trinajstić information content (AvgIpc) is 2.48. The van der Waals surface area contributed by atoms with Crippen molar-refractivity contribution in [3.05, 3.63) is 62.7 Å². The van der Waals surface area contributed by atoms with Crippen LogP contribution in [0, 0.1) is 17.0 Å². The zero-order valence-corrected chi connectivity index (χ0v) is 14.0. The van der Waals surface area contributed by atoms with Crippen LogP contribution < -0.4 is 4.72 Å². The van der Waals surface area contributed by atoms with E-state index in [0.29, 0.717) is 6.07 Å². The lowest BCUT2D eigenvalue weighted by Crippen LogP contribution is -2.16. The molecule has 6 nitrogen and oxygen atoms in total. The maximum atomic E-state index is 12.9. The number of nitrogens with one attached hydrogen (secondary N) is 1. The number of sulfonamides is 1. The maximum Gasteiger partial charge on any atom is 0.417 e. The Balaban J connectivity index is 2.48. The van der Waals surface area contributed by atoms with Crippen LogP contribution in [0.3, 0.4) is 0 Å². The van der Waals surface area contributed by atoms with Gasteiger partial charge in [-0.25, -0.2) is 8.42 Å². The van der Waals surface area contributed by atoms with Crippen LogP contribution in [0.2, 0.25) is 5.02 Å². The Bertz CT molecular complexity index is 946. The van der Waals surface area contributed by atoms with Gasteiger partial charge in [0.05, 0.1) is 31.7 Å². The summed E-state index contributed by atoms with van der Waals surface area (Å²) in [6.07, 6.45) is -4.83. The predicted octanol–water partition coefficient (Wildman–Crippen LogP) is 4.38. The Labute approximate surface area is 145 Å². The van der Waals surface area contributed by atoms with E-state index in [2.05, 4.69) is 4.72 Å². The fourth-order valence-electron chi connectivity index (χ4n) is 2.02. The van der Waals surface area contributed by atoms with E-state index in [1.54, 1.807) is 0 Å². The standard InChI is InChI=1S/C14H10ClF3N2O4S/c1-8-12(3-2-4-13(8)20(21)22)19-25(23,24)9-5-6-11(15)10(7-9)14(16,17)18/h2-7,19H,1H3. The van der Waals surface area contributed by atoms with E-state index in [-0.39, 0.29) is 16.9 Å².